The molecule has 1 aromatic rings. The Kier molecular flexibility index (Phi) is 8.26. The number of carbonyl (C=O) groups is 1. The first-order valence-electron chi connectivity index (χ1n) is 7.98. The minimum absolute atomic E-state index is 0.411. The minimum Gasteiger partial charge on any atom is -0.481 e. The van der Waals surface area contributed by atoms with Gasteiger partial charge in [-0.15, -0.1) is 0 Å². The molecule has 0 aliphatic carbocycles. The van der Waals surface area contributed by atoms with Gasteiger partial charge in [0.05, 0.1) is 18.3 Å². The molecule has 0 bridgehead atoms. The van der Waals surface area contributed by atoms with Crippen LogP contribution < -0.4 is 0 Å². The van der Waals surface area contributed by atoms with Crippen molar-refractivity contribution >= 4 is 16.1 Å². The van der Waals surface area contributed by atoms with Crippen LogP contribution in [0.3, 0.4) is 0 Å². The largest absolute Gasteiger partial charge is 0.481 e. The number of carboxylic acid groups (broad SMARTS) is 1. The standard InChI is InChI=1S/C17H26O5S/c1-3-9-15(17(18)19)16(22-23(2,20)21)13-8-7-12-14-10-5-4-6-11-14/h4-6,10-11,15-16H,3,7-9,12-13H2,1-2H3,(H,18,19). The summed E-state index contributed by atoms with van der Waals surface area (Å²) in [6.45, 7) is 1.88. The first-order chi connectivity index (χ1) is 10.8. The number of aryl methyl sites for hydroxylation is 1. The Morgan fingerprint density at radius 2 is 1.83 bits per heavy atom. The number of unbranched alkanes of at least 4 members (excludes halogenated alkanes) is 1. The predicted octanol–water partition coefficient (Wildman–Crippen LogP) is 3.25. The van der Waals surface area contributed by atoms with E-state index in [4.69, 9.17) is 4.18 Å². The first-order valence-corrected chi connectivity index (χ1v) is 9.80. The Morgan fingerprint density at radius 3 is 2.35 bits per heavy atom. The summed E-state index contributed by atoms with van der Waals surface area (Å²) in [5, 5.41) is 9.33. The van der Waals surface area contributed by atoms with Crippen molar-refractivity contribution in [1.82, 2.24) is 0 Å². The summed E-state index contributed by atoms with van der Waals surface area (Å²) >= 11 is 0. The van der Waals surface area contributed by atoms with Crippen LogP contribution in [0, 0.1) is 5.92 Å². The van der Waals surface area contributed by atoms with Crippen LogP contribution in [-0.2, 0) is 25.5 Å². The maximum Gasteiger partial charge on any atom is 0.309 e. The maximum absolute atomic E-state index is 11.4. The Bertz CT molecular complexity index is 568. The van der Waals surface area contributed by atoms with Gasteiger partial charge in [-0.2, -0.15) is 8.42 Å². The monoisotopic (exact) mass is 342 g/mol. The van der Waals surface area contributed by atoms with E-state index in [0.717, 1.165) is 25.5 Å². The fraction of sp³-hybridized carbons (Fsp3) is 0.588. The number of carboxylic acids is 1. The van der Waals surface area contributed by atoms with E-state index < -0.39 is 28.1 Å². The minimum atomic E-state index is -3.67. The Labute approximate surface area is 138 Å². The summed E-state index contributed by atoms with van der Waals surface area (Å²) in [5.41, 5.74) is 1.22. The van der Waals surface area contributed by atoms with Gasteiger partial charge in [-0.25, -0.2) is 0 Å². The van der Waals surface area contributed by atoms with Crippen molar-refractivity contribution < 1.29 is 22.5 Å². The molecule has 130 valence electrons. The number of hydrogen-bond acceptors (Lipinski definition) is 4. The van der Waals surface area contributed by atoms with E-state index in [-0.39, 0.29) is 0 Å². The van der Waals surface area contributed by atoms with Crippen LogP contribution in [0.2, 0.25) is 0 Å². The zero-order chi connectivity index (χ0) is 17.3. The molecule has 1 N–H and O–H groups in total. The first kappa shape index (κ1) is 19.6. The molecule has 0 saturated heterocycles. The molecule has 2 unspecified atom stereocenters. The van der Waals surface area contributed by atoms with Crippen LogP contribution in [0.25, 0.3) is 0 Å². The smallest absolute Gasteiger partial charge is 0.309 e. The van der Waals surface area contributed by atoms with Crippen LogP contribution in [0.4, 0.5) is 0 Å². The van der Waals surface area contributed by atoms with Crippen molar-refractivity contribution in [1.29, 1.82) is 0 Å². The molecule has 0 radical (unpaired) electrons. The third-order valence-corrected chi connectivity index (χ3v) is 4.31. The number of benzene rings is 1. The normalized spacial score (nSPS) is 14.3. The third-order valence-electron chi connectivity index (χ3n) is 3.71. The van der Waals surface area contributed by atoms with E-state index in [1.54, 1.807) is 0 Å². The van der Waals surface area contributed by atoms with Gasteiger partial charge in [0, 0.05) is 0 Å². The molecule has 23 heavy (non-hydrogen) atoms. The summed E-state index contributed by atoms with van der Waals surface area (Å²) in [4.78, 5) is 11.4. The van der Waals surface area contributed by atoms with Crippen LogP contribution in [0.1, 0.15) is 44.6 Å². The van der Waals surface area contributed by atoms with Crippen molar-refractivity contribution in [3.8, 4) is 0 Å². The highest BCUT2D eigenvalue weighted by Crippen LogP contribution is 2.22. The molecule has 5 nitrogen and oxygen atoms in total. The second kappa shape index (κ2) is 9.67. The van der Waals surface area contributed by atoms with Gasteiger partial charge in [0.25, 0.3) is 10.1 Å². The highest BCUT2D eigenvalue weighted by atomic mass is 32.2. The zero-order valence-electron chi connectivity index (χ0n) is 13.8. The van der Waals surface area contributed by atoms with Gasteiger partial charge in [0.15, 0.2) is 0 Å². The van der Waals surface area contributed by atoms with E-state index in [2.05, 4.69) is 0 Å². The van der Waals surface area contributed by atoms with Crippen LogP contribution >= 0.6 is 0 Å². The van der Waals surface area contributed by atoms with Gasteiger partial charge >= 0.3 is 5.97 Å². The molecule has 0 aliphatic heterocycles. The van der Waals surface area contributed by atoms with E-state index in [1.165, 1.54) is 5.56 Å². The van der Waals surface area contributed by atoms with Crippen LogP contribution in [0.15, 0.2) is 30.3 Å². The van der Waals surface area contributed by atoms with Crippen molar-refractivity contribution in [3.63, 3.8) is 0 Å². The molecule has 0 aliphatic rings. The summed E-state index contributed by atoms with van der Waals surface area (Å²) < 4.78 is 27.9. The summed E-state index contributed by atoms with van der Waals surface area (Å²) in [7, 11) is -3.67. The lowest BCUT2D eigenvalue weighted by molar-refractivity contribution is -0.145. The number of hydrogen-bond donors (Lipinski definition) is 1. The van der Waals surface area contributed by atoms with Gasteiger partial charge in [-0.3, -0.25) is 8.98 Å². The van der Waals surface area contributed by atoms with Gasteiger partial charge in [0.2, 0.25) is 0 Å². The summed E-state index contributed by atoms with van der Waals surface area (Å²) in [6, 6.07) is 10.0. The molecule has 6 heteroatoms. The topological polar surface area (TPSA) is 80.7 Å². The van der Waals surface area contributed by atoms with Crippen molar-refractivity contribution in [2.75, 3.05) is 6.26 Å². The number of rotatable bonds is 11. The average molecular weight is 342 g/mol. The Hall–Kier alpha value is -1.40. The zero-order valence-corrected chi connectivity index (χ0v) is 14.6. The molecule has 0 heterocycles. The average Bonchev–Trinajstić information content (AvgIpc) is 2.47. The molecule has 2 atom stereocenters. The van der Waals surface area contributed by atoms with Gasteiger partial charge in [-0.05, 0) is 31.2 Å². The van der Waals surface area contributed by atoms with Crippen LogP contribution in [-0.4, -0.2) is 31.9 Å². The van der Waals surface area contributed by atoms with Crippen LogP contribution in [0.5, 0.6) is 0 Å². The predicted molar refractivity (Wildman–Crippen MR) is 89.7 cm³/mol. The molecule has 1 rings (SSSR count). The van der Waals surface area contributed by atoms with Crippen molar-refractivity contribution in [2.24, 2.45) is 5.92 Å². The molecule has 0 amide bonds. The van der Waals surface area contributed by atoms with E-state index in [1.807, 2.05) is 37.3 Å². The summed E-state index contributed by atoms with van der Waals surface area (Å²) in [6.07, 6.45) is 4.16. The molecular formula is C17H26O5S. The molecule has 1 aromatic carbocycles. The lowest BCUT2D eigenvalue weighted by Gasteiger charge is -2.22. The Morgan fingerprint density at radius 1 is 1.17 bits per heavy atom. The highest BCUT2D eigenvalue weighted by molar-refractivity contribution is 7.86. The lowest BCUT2D eigenvalue weighted by Crippen LogP contribution is -2.32. The SMILES string of the molecule is CCCC(C(=O)O)C(CCCCc1ccccc1)OS(C)(=O)=O. The summed E-state index contributed by atoms with van der Waals surface area (Å²) in [5.74, 6) is -1.78. The highest BCUT2D eigenvalue weighted by Gasteiger charge is 2.30. The maximum atomic E-state index is 11.4. The molecule has 0 aromatic heterocycles. The lowest BCUT2D eigenvalue weighted by atomic mass is 9.93. The van der Waals surface area contributed by atoms with E-state index in [9.17, 15) is 18.3 Å². The van der Waals surface area contributed by atoms with Gasteiger partial charge in [0.1, 0.15) is 0 Å². The van der Waals surface area contributed by atoms with Gasteiger partial charge < -0.3 is 5.11 Å². The van der Waals surface area contributed by atoms with E-state index in [0.29, 0.717) is 19.3 Å². The Balaban J connectivity index is 2.59. The fourth-order valence-corrected chi connectivity index (χ4v) is 3.32. The second-order valence-corrected chi connectivity index (χ2v) is 7.40. The third kappa shape index (κ3) is 8.13. The van der Waals surface area contributed by atoms with Gasteiger partial charge in [-0.1, -0.05) is 50.1 Å². The molecule has 0 saturated carbocycles. The van der Waals surface area contributed by atoms with Crippen molar-refractivity contribution in [3.05, 3.63) is 35.9 Å². The van der Waals surface area contributed by atoms with E-state index >= 15 is 0 Å². The number of aliphatic carboxylic acids is 1. The molecular weight excluding hydrogens is 316 g/mol. The fourth-order valence-electron chi connectivity index (χ4n) is 2.64. The second-order valence-electron chi connectivity index (χ2n) is 5.80. The quantitative estimate of drug-likeness (QED) is 0.493. The van der Waals surface area contributed by atoms with Crippen molar-refractivity contribution in [2.45, 2.75) is 51.6 Å². The molecule has 0 spiro atoms. The molecule has 0 fully saturated rings.